The van der Waals surface area contributed by atoms with Gasteiger partial charge in [0.05, 0.1) is 5.02 Å². The summed E-state index contributed by atoms with van der Waals surface area (Å²) in [6.45, 7) is 0. The highest BCUT2D eigenvalue weighted by Crippen LogP contribution is 2.36. The van der Waals surface area contributed by atoms with Crippen LogP contribution in [-0.2, 0) is 6.18 Å². The zero-order chi connectivity index (χ0) is 12.8. The molecule has 0 radical (unpaired) electrons. The zero-order valence-electron chi connectivity index (χ0n) is 7.95. The number of fused-ring (bicyclic) bond motifs is 1. The van der Waals surface area contributed by atoms with E-state index in [9.17, 15) is 17.6 Å². The molecule has 2 rings (SSSR count). The smallest absolute Gasteiger partial charge is 0.240 e. The average molecular weight is 328 g/mol. The van der Waals surface area contributed by atoms with Crippen LogP contribution in [-0.4, -0.2) is 4.98 Å². The Labute approximate surface area is 107 Å². The quantitative estimate of drug-likeness (QED) is 0.633. The summed E-state index contributed by atoms with van der Waals surface area (Å²) in [6, 6.07) is 3.06. The molecule has 1 aromatic carbocycles. The Kier molecular flexibility index (Phi) is 3.03. The van der Waals surface area contributed by atoms with E-state index in [1.54, 1.807) is 0 Å². The number of hydrogen-bond acceptors (Lipinski definition) is 1. The minimum absolute atomic E-state index is 0.125. The van der Waals surface area contributed by atoms with Crippen molar-refractivity contribution in [3.05, 3.63) is 39.2 Å². The molecule has 1 nitrogen and oxygen atoms in total. The minimum Gasteiger partial charge on any atom is -0.240 e. The summed E-state index contributed by atoms with van der Waals surface area (Å²) in [4.78, 5) is 3.25. The van der Waals surface area contributed by atoms with Gasteiger partial charge < -0.3 is 0 Å². The Bertz CT molecular complexity index is 597. The Balaban J connectivity index is 2.87. The molecule has 17 heavy (non-hydrogen) atoms. The lowest BCUT2D eigenvalue weighted by atomic mass is 10.2. The zero-order valence-corrected chi connectivity index (χ0v) is 10.3. The summed E-state index contributed by atoms with van der Waals surface area (Å²) in [5.74, 6) is -0.851. The van der Waals surface area contributed by atoms with E-state index in [1.165, 1.54) is 6.07 Å². The molecule has 0 aliphatic rings. The molecule has 1 aromatic heterocycles. The summed E-state index contributed by atoms with van der Waals surface area (Å²) < 4.78 is 51.2. The predicted octanol–water partition coefficient (Wildman–Crippen LogP) is 4.81. The van der Waals surface area contributed by atoms with Gasteiger partial charge in [-0.25, -0.2) is 9.37 Å². The van der Waals surface area contributed by atoms with Gasteiger partial charge in [0.2, 0.25) is 0 Å². The molecule has 0 aliphatic heterocycles. The van der Waals surface area contributed by atoms with Gasteiger partial charge in [0.15, 0.2) is 0 Å². The van der Waals surface area contributed by atoms with Gasteiger partial charge in [-0.1, -0.05) is 27.5 Å². The third-order valence-corrected chi connectivity index (χ3v) is 3.06. The summed E-state index contributed by atoms with van der Waals surface area (Å²) >= 11 is 8.79. The molecule has 0 saturated carbocycles. The number of alkyl halides is 3. The van der Waals surface area contributed by atoms with E-state index in [4.69, 9.17) is 11.6 Å². The van der Waals surface area contributed by atoms with Crippen LogP contribution >= 0.6 is 27.5 Å². The molecule has 90 valence electrons. The molecule has 0 aliphatic carbocycles. The lowest BCUT2D eigenvalue weighted by molar-refractivity contribution is -0.140. The van der Waals surface area contributed by atoms with Gasteiger partial charge >= 0.3 is 6.18 Å². The van der Waals surface area contributed by atoms with Crippen molar-refractivity contribution < 1.29 is 17.6 Å². The van der Waals surface area contributed by atoms with E-state index in [1.807, 2.05) is 0 Å². The van der Waals surface area contributed by atoms with Crippen LogP contribution in [0.3, 0.4) is 0 Å². The fourth-order valence-electron chi connectivity index (χ4n) is 1.37. The van der Waals surface area contributed by atoms with E-state index in [0.717, 1.165) is 6.07 Å². The molecule has 2 aromatic rings. The lowest BCUT2D eigenvalue weighted by Gasteiger charge is -2.09. The van der Waals surface area contributed by atoms with E-state index in [-0.39, 0.29) is 10.4 Å². The van der Waals surface area contributed by atoms with E-state index in [0.29, 0.717) is 10.5 Å². The standard InChI is InChI=1S/C10H3BrClF4N/c11-4-1-2-6(13)9-8(4)5(12)3-7(17-9)10(14,15)16/h1-3H. The third-order valence-electron chi connectivity index (χ3n) is 2.10. The molecular weight excluding hydrogens is 325 g/mol. The largest absolute Gasteiger partial charge is 0.433 e. The average Bonchev–Trinajstić information content (AvgIpc) is 2.21. The Morgan fingerprint density at radius 3 is 2.47 bits per heavy atom. The van der Waals surface area contributed by atoms with Gasteiger partial charge in [-0.05, 0) is 18.2 Å². The maximum atomic E-state index is 13.4. The minimum atomic E-state index is -4.66. The van der Waals surface area contributed by atoms with Crippen molar-refractivity contribution in [1.82, 2.24) is 4.98 Å². The van der Waals surface area contributed by atoms with Crippen molar-refractivity contribution >= 4 is 38.4 Å². The van der Waals surface area contributed by atoms with Crippen molar-refractivity contribution in [2.24, 2.45) is 0 Å². The van der Waals surface area contributed by atoms with Crippen molar-refractivity contribution in [1.29, 1.82) is 0 Å². The van der Waals surface area contributed by atoms with Crippen molar-refractivity contribution in [2.75, 3.05) is 0 Å². The molecule has 0 fully saturated rings. The van der Waals surface area contributed by atoms with Gasteiger partial charge in [0, 0.05) is 9.86 Å². The summed E-state index contributed by atoms with van der Waals surface area (Å²) in [6.07, 6.45) is -4.66. The van der Waals surface area contributed by atoms with Crippen LogP contribution in [0, 0.1) is 5.82 Å². The molecule has 0 amide bonds. The first kappa shape index (κ1) is 12.6. The second-order valence-electron chi connectivity index (χ2n) is 3.24. The highest BCUT2D eigenvalue weighted by Gasteiger charge is 2.33. The number of rotatable bonds is 0. The van der Waals surface area contributed by atoms with Gasteiger partial charge in [-0.3, -0.25) is 0 Å². The van der Waals surface area contributed by atoms with Crippen LogP contribution in [0.4, 0.5) is 17.6 Å². The Morgan fingerprint density at radius 1 is 1.24 bits per heavy atom. The van der Waals surface area contributed by atoms with Crippen molar-refractivity contribution in [3.8, 4) is 0 Å². The van der Waals surface area contributed by atoms with Crippen molar-refractivity contribution in [2.45, 2.75) is 6.18 Å². The molecule has 0 bridgehead atoms. The number of halogens is 6. The molecule has 0 unspecified atom stereocenters. The molecule has 0 spiro atoms. The van der Waals surface area contributed by atoms with Crippen molar-refractivity contribution in [3.63, 3.8) is 0 Å². The number of aromatic nitrogens is 1. The molecule has 7 heteroatoms. The van der Waals surface area contributed by atoms with Crippen LogP contribution in [0.2, 0.25) is 5.02 Å². The number of nitrogens with zero attached hydrogens (tertiary/aromatic N) is 1. The van der Waals surface area contributed by atoms with Gasteiger partial charge in [0.1, 0.15) is 17.0 Å². The molecule has 0 N–H and O–H groups in total. The highest BCUT2D eigenvalue weighted by molar-refractivity contribution is 9.10. The summed E-state index contributed by atoms with van der Waals surface area (Å²) in [5, 5.41) is -0.0756. The van der Waals surface area contributed by atoms with E-state index < -0.39 is 23.2 Å². The van der Waals surface area contributed by atoms with Gasteiger partial charge in [-0.15, -0.1) is 0 Å². The van der Waals surface area contributed by atoms with Crippen LogP contribution in [0.1, 0.15) is 5.69 Å². The maximum Gasteiger partial charge on any atom is 0.433 e. The molecule has 1 heterocycles. The number of benzene rings is 1. The second-order valence-corrected chi connectivity index (χ2v) is 4.50. The normalized spacial score (nSPS) is 12.1. The number of hydrogen-bond donors (Lipinski definition) is 0. The number of pyridine rings is 1. The fraction of sp³-hybridized carbons (Fsp3) is 0.100. The lowest BCUT2D eigenvalue weighted by Crippen LogP contribution is -2.08. The Morgan fingerprint density at radius 2 is 1.88 bits per heavy atom. The highest BCUT2D eigenvalue weighted by atomic mass is 79.9. The molecule has 0 saturated heterocycles. The van der Waals surface area contributed by atoms with E-state index >= 15 is 0 Å². The summed E-state index contributed by atoms with van der Waals surface area (Å²) in [5.41, 5.74) is -1.62. The monoisotopic (exact) mass is 327 g/mol. The first-order chi connectivity index (χ1) is 7.80. The van der Waals surface area contributed by atoms with Gasteiger partial charge in [0.25, 0.3) is 0 Å². The van der Waals surface area contributed by atoms with E-state index in [2.05, 4.69) is 20.9 Å². The molecule has 0 atom stereocenters. The second kappa shape index (κ2) is 4.10. The van der Waals surface area contributed by atoms with Crippen LogP contribution < -0.4 is 0 Å². The van der Waals surface area contributed by atoms with Crippen LogP contribution in [0.15, 0.2) is 22.7 Å². The summed E-state index contributed by atoms with van der Waals surface area (Å²) in [7, 11) is 0. The Hall–Kier alpha value is -0.880. The third kappa shape index (κ3) is 2.24. The van der Waals surface area contributed by atoms with Crippen LogP contribution in [0.5, 0.6) is 0 Å². The SMILES string of the molecule is Fc1ccc(Br)c2c(Cl)cc(C(F)(F)F)nc12. The first-order valence-electron chi connectivity index (χ1n) is 4.32. The topological polar surface area (TPSA) is 12.9 Å². The maximum absolute atomic E-state index is 13.4. The van der Waals surface area contributed by atoms with Gasteiger partial charge in [-0.2, -0.15) is 13.2 Å². The molecular formula is C10H3BrClF4N. The predicted molar refractivity (Wildman–Crippen MR) is 59.4 cm³/mol. The first-order valence-corrected chi connectivity index (χ1v) is 5.49. The fourth-order valence-corrected chi connectivity index (χ4v) is 2.31. The van der Waals surface area contributed by atoms with Crippen LogP contribution in [0.25, 0.3) is 10.9 Å².